The van der Waals surface area contributed by atoms with Gasteiger partial charge in [-0.3, -0.25) is 4.79 Å². The van der Waals surface area contributed by atoms with E-state index in [4.69, 9.17) is 0 Å². The quantitative estimate of drug-likeness (QED) is 0.638. The summed E-state index contributed by atoms with van der Waals surface area (Å²) in [5.41, 5.74) is 1.70. The third-order valence-electron chi connectivity index (χ3n) is 4.86. The van der Waals surface area contributed by atoms with Crippen LogP contribution in [0.2, 0.25) is 0 Å². The maximum atomic E-state index is 14.5. The van der Waals surface area contributed by atoms with Gasteiger partial charge in [-0.25, -0.2) is 4.39 Å². The van der Waals surface area contributed by atoms with Crippen molar-refractivity contribution in [1.29, 1.82) is 0 Å². The summed E-state index contributed by atoms with van der Waals surface area (Å²) in [5.74, 6) is -0.426. The van der Waals surface area contributed by atoms with Crippen molar-refractivity contribution >= 4 is 17.5 Å². The molecule has 1 fully saturated rings. The summed E-state index contributed by atoms with van der Waals surface area (Å²) in [6, 6.07) is 11.2. The first-order valence-electron chi connectivity index (χ1n) is 8.96. The van der Waals surface area contributed by atoms with Crippen LogP contribution in [0.5, 0.6) is 5.75 Å². The number of piperazine rings is 1. The Morgan fingerprint density at radius 1 is 1.19 bits per heavy atom. The van der Waals surface area contributed by atoms with Gasteiger partial charge in [0.25, 0.3) is 0 Å². The Morgan fingerprint density at radius 3 is 2.50 bits per heavy atom. The fourth-order valence-corrected chi connectivity index (χ4v) is 3.19. The van der Waals surface area contributed by atoms with Gasteiger partial charge in [-0.15, -0.1) is 0 Å². The van der Waals surface area contributed by atoms with Crippen molar-refractivity contribution in [3.8, 4) is 5.75 Å². The Labute approximate surface area is 153 Å². The Kier molecular flexibility index (Phi) is 5.68. The van der Waals surface area contributed by atoms with Crippen LogP contribution in [0.25, 0.3) is 6.08 Å². The molecule has 0 spiro atoms. The maximum absolute atomic E-state index is 14.5. The minimum atomic E-state index is -0.353. The van der Waals surface area contributed by atoms with Crippen molar-refractivity contribution in [1.82, 2.24) is 0 Å². The molecule has 0 atom stereocenters. The van der Waals surface area contributed by atoms with Crippen LogP contribution >= 0.6 is 0 Å². The van der Waals surface area contributed by atoms with E-state index in [1.54, 1.807) is 42.5 Å². The van der Waals surface area contributed by atoms with Crippen LogP contribution in [0.4, 0.5) is 10.1 Å². The second kappa shape index (κ2) is 8.15. The molecular weight excluding hydrogens is 331 g/mol. The number of hydrogen-bond acceptors (Lipinski definition) is 3. The molecule has 0 saturated carbocycles. The van der Waals surface area contributed by atoms with Gasteiger partial charge in [-0.2, -0.15) is 0 Å². The molecule has 26 heavy (non-hydrogen) atoms. The zero-order valence-corrected chi connectivity index (χ0v) is 14.9. The molecule has 3 rings (SSSR count). The highest BCUT2D eigenvalue weighted by molar-refractivity contribution is 6.07. The molecule has 2 aromatic rings. The molecule has 0 bridgehead atoms. The van der Waals surface area contributed by atoms with E-state index >= 15 is 0 Å². The highest BCUT2D eigenvalue weighted by Crippen LogP contribution is 2.21. The molecule has 2 N–H and O–H groups in total. The molecule has 1 heterocycles. The fraction of sp³-hybridized carbons (Fsp3) is 0.286. The Balaban J connectivity index is 1.68. The molecule has 0 aliphatic carbocycles. The number of phenolic OH excluding ortho intramolecular Hbond substituents is 1. The number of carbonyl (C=O) groups excluding carboxylic acids is 1. The molecular formula is C21H24FN2O2+. The standard InChI is InChI=1S/C21H23FN2O2/c1-2-23-11-13-24(14-12-23)20-9-6-17(15-19(20)22)21(26)10-5-16-3-7-18(25)8-4-16/h3-10,15,25H,2,11-14H2,1H3/p+1/b10-5+. The Hall–Kier alpha value is -2.66. The Bertz CT molecular complexity index is 794. The lowest BCUT2D eigenvalue weighted by molar-refractivity contribution is -0.898. The third kappa shape index (κ3) is 4.29. The number of aromatic hydroxyl groups is 1. The minimum absolute atomic E-state index is 0.174. The predicted molar refractivity (Wildman–Crippen MR) is 101 cm³/mol. The van der Waals surface area contributed by atoms with Gasteiger partial charge in [-0.1, -0.05) is 18.2 Å². The summed E-state index contributed by atoms with van der Waals surface area (Å²) < 4.78 is 14.5. The van der Waals surface area contributed by atoms with Crippen molar-refractivity contribution in [2.75, 3.05) is 37.6 Å². The Morgan fingerprint density at radius 2 is 1.88 bits per heavy atom. The van der Waals surface area contributed by atoms with E-state index in [1.165, 1.54) is 17.0 Å². The zero-order valence-electron chi connectivity index (χ0n) is 14.9. The number of nitrogens with zero attached hydrogens (tertiary/aromatic N) is 1. The van der Waals surface area contributed by atoms with Crippen LogP contribution in [0, 0.1) is 5.82 Å². The maximum Gasteiger partial charge on any atom is 0.185 e. The highest BCUT2D eigenvalue weighted by atomic mass is 19.1. The number of hydrogen-bond donors (Lipinski definition) is 2. The number of allylic oxidation sites excluding steroid dienone is 1. The second-order valence-corrected chi connectivity index (χ2v) is 6.55. The average molecular weight is 355 g/mol. The number of rotatable bonds is 5. The van der Waals surface area contributed by atoms with E-state index in [1.807, 2.05) is 0 Å². The number of carbonyl (C=O) groups is 1. The molecule has 1 saturated heterocycles. The summed E-state index contributed by atoms with van der Waals surface area (Å²) in [5, 5.41) is 9.27. The summed E-state index contributed by atoms with van der Waals surface area (Å²) in [6.45, 7) is 6.93. The molecule has 0 unspecified atom stereocenters. The number of likely N-dealkylation sites (N-methyl/N-ethyl adjacent to an activating group) is 1. The molecule has 0 amide bonds. The summed E-state index contributed by atoms with van der Waals surface area (Å²) in [4.78, 5) is 15.9. The molecule has 0 aromatic heterocycles. The second-order valence-electron chi connectivity index (χ2n) is 6.55. The normalized spacial score (nSPS) is 15.5. The number of nitrogens with one attached hydrogen (secondary N) is 1. The largest absolute Gasteiger partial charge is 0.508 e. The lowest BCUT2D eigenvalue weighted by atomic mass is 10.1. The van der Waals surface area contributed by atoms with Gasteiger partial charge in [-0.05, 0) is 48.9 Å². The van der Waals surface area contributed by atoms with Crippen LogP contribution < -0.4 is 9.80 Å². The predicted octanol–water partition coefficient (Wildman–Crippen LogP) is 2.15. The van der Waals surface area contributed by atoms with Gasteiger partial charge < -0.3 is 14.9 Å². The van der Waals surface area contributed by atoms with E-state index < -0.39 is 0 Å². The number of quaternary nitrogens is 1. The SMILES string of the molecule is CC[NH+]1CCN(c2ccc(C(=O)/C=C/c3ccc(O)cc3)cc2F)CC1. The van der Waals surface area contributed by atoms with Crippen molar-refractivity contribution in [3.63, 3.8) is 0 Å². The van der Waals surface area contributed by atoms with Gasteiger partial charge in [0.05, 0.1) is 38.4 Å². The molecule has 1 aliphatic rings. The average Bonchev–Trinajstić information content (AvgIpc) is 2.67. The van der Waals surface area contributed by atoms with Gasteiger partial charge in [0.1, 0.15) is 11.6 Å². The number of benzene rings is 2. The topological polar surface area (TPSA) is 45.0 Å². The minimum Gasteiger partial charge on any atom is -0.508 e. The number of ketones is 1. The molecule has 2 aromatic carbocycles. The van der Waals surface area contributed by atoms with Crippen LogP contribution in [-0.4, -0.2) is 43.6 Å². The van der Waals surface area contributed by atoms with Gasteiger partial charge >= 0.3 is 0 Å². The lowest BCUT2D eigenvalue weighted by Gasteiger charge is -2.33. The zero-order chi connectivity index (χ0) is 18.5. The van der Waals surface area contributed by atoms with Crippen molar-refractivity contribution < 1.29 is 19.2 Å². The summed E-state index contributed by atoms with van der Waals surface area (Å²) >= 11 is 0. The molecule has 5 heteroatoms. The van der Waals surface area contributed by atoms with Gasteiger partial charge in [0.15, 0.2) is 5.78 Å². The monoisotopic (exact) mass is 355 g/mol. The van der Waals surface area contributed by atoms with Crippen molar-refractivity contribution in [2.45, 2.75) is 6.92 Å². The van der Waals surface area contributed by atoms with Crippen molar-refractivity contribution in [2.24, 2.45) is 0 Å². The molecule has 4 nitrogen and oxygen atoms in total. The van der Waals surface area contributed by atoms with Crippen LogP contribution in [0.15, 0.2) is 48.5 Å². The molecule has 136 valence electrons. The van der Waals surface area contributed by atoms with Crippen LogP contribution in [-0.2, 0) is 0 Å². The van der Waals surface area contributed by atoms with E-state index in [2.05, 4.69) is 11.8 Å². The van der Waals surface area contributed by atoms with E-state index in [9.17, 15) is 14.3 Å². The number of anilines is 1. The number of halogens is 1. The van der Waals surface area contributed by atoms with Gasteiger partial charge in [0.2, 0.25) is 0 Å². The summed E-state index contributed by atoms with van der Waals surface area (Å²) in [7, 11) is 0. The highest BCUT2D eigenvalue weighted by Gasteiger charge is 2.21. The fourth-order valence-electron chi connectivity index (χ4n) is 3.19. The first-order valence-corrected chi connectivity index (χ1v) is 8.96. The van der Waals surface area contributed by atoms with Gasteiger partial charge in [0, 0.05) is 5.56 Å². The smallest absolute Gasteiger partial charge is 0.185 e. The van der Waals surface area contributed by atoms with E-state index in [0.29, 0.717) is 11.3 Å². The van der Waals surface area contributed by atoms with Crippen LogP contribution in [0.1, 0.15) is 22.8 Å². The van der Waals surface area contributed by atoms with E-state index in [-0.39, 0.29) is 17.3 Å². The third-order valence-corrected chi connectivity index (χ3v) is 4.86. The number of phenols is 1. The molecule has 0 radical (unpaired) electrons. The molecule has 1 aliphatic heterocycles. The first kappa shape index (κ1) is 18.1. The van der Waals surface area contributed by atoms with Crippen LogP contribution in [0.3, 0.4) is 0 Å². The first-order chi connectivity index (χ1) is 12.6. The van der Waals surface area contributed by atoms with Crippen molar-refractivity contribution in [3.05, 3.63) is 65.5 Å². The lowest BCUT2D eigenvalue weighted by Crippen LogP contribution is -3.14. The summed E-state index contributed by atoms with van der Waals surface area (Å²) in [6.07, 6.45) is 3.07. The van der Waals surface area contributed by atoms with E-state index in [0.717, 1.165) is 38.3 Å².